The zero-order chi connectivity index (χ0) is 19.1. The van der Waals surface area contributed by atoms with Crippen molar-refractivity contribution in [2.24, 2.45) is 4.99 Å². The standard InChI is InChI=1S/C21H24N2O3S/c1-3-25-15-13-23-20-16(2)8-7-11-18(20)27-21(23)22-19(24)12-14-26-17-9-5-4-6-10-17/h4-11H,3,12-15H2,1-2H3. The molecule has 3 rings (SSSR count). The Labute approximate surface area is 162 Å². The lowest BCUT2D eigenvalue weighted by Crippen LogP contribution is -2.20. The van der Waals surface area contributed by atoms with Crippen LogP contribution in [0.5, 0.6) is 5.75 Å². The van der Waals surface area contributed by atoms with Crippen LogP contribution in [0.2, 0.25) is 0 Å². The van der Waals surface area contributed by atoms with E-state index >= 15 is 0 Å². The summed E-state index contributed by atoms with van der Waals surface area (Å²) in [7, 11) is 0. The summed E-state index contributed by atoms with van der Waals surface area (Å²) in [5, 5.41) is 0. The van der Waals surface area contributed by atoms with Crippen LogP contribution >= 0.6 is 11.3 Å². The van der Waals surface area contributed by atoms with Gasteiger partial charge in [0.2, 0.25) is 0 Å². The number of rotatable bonds is 8. The number of carbonyl (C=O) groups excluding carboxylic acids is 1. The Morgan fingerprint density at radius 1 is 1.11 bits per heavy atom. The molecule has 5 nitrogen and oxygen atoms in total. The van der Waals surface area contributed by atoms with Gasteiger partial charge in [-0.3, -0.25) is 4.79 Å². The average molecular weight is 385 g/mol. The van der Waals surface area contributed by atoms with Gasteiger partial charge >= 0.3 is 0 Å². The van der Waals surface area contributed by atoms with E-state index in [1.807, 2.05) is 43.3 Å². The van der Waals surface area contributed by atoms with Crippen LogP contribution in [0.1, 0.15) is 18.9 Å². The van der Waals surface area contributed by atoms with Crippen molar-refractivity contribution in [3.8, 4) is 5.75 Å². The Kier molecular flexibility index (Phi) is 6.79. The molecule has 0 saturated carbocycles. The Balaban J connectivity index is 1.78. The number of thiazole rings is 1. The number of benzene rings is 2. The van der Waals surface area contributed by atoms with Gasteiger partial charge in [0.05, 0.1) is 29.9 Å². The number of aryl methyl sites for hydroxylation is 1. The van der Waals surface area contributed by atoms with Crippen LogP contribution in [0.4, 0.5) is 0 Å². The molecule has 2 aromatic carbocycles. The maximum absolute atomic E-state index is 12.4. The van der Waals surface area contributed by atoms with Crippen molar-refractivity contribution < 1.29 is 14.3 Å². The molecule has 27 heavy (non-hydrogen) atoms. The summed E-state index contributed by atoms with van der Waals surface area (Å²) in [5.41, 5.74) is 2.29. The molecule has 0 aliphatic carbocycles. The van der Waals surface area contributed by atoms with Crippen molar-refractivity contribution in [1.82, 2.24) is 4.57 Å². The second-order valence-corrected chi connectivity index (χ2v) is 7.08. The number of fused-ring (bicyclic) bond motifs is 1. The number of nitrogens with zero attached hydrogens (tertiary/aromatic N) is 2. The van der Waals surface area contributed by atoms with E-state index in [0.717, 1.165) is 16.0 Å². The third-order valence-corrected chi connectivity index (χ3v) is 5.16. The second kappa shape index (κ2) is 9.48. The number of hydrogen-bond donors (Lipinski definition) is 0. The van der Waals surface area contributed by atoms with Gasteiger partial charge in [-0.1, -0.05) is 41.7 Å². The van der Waals surface area contributed by atoms with E-state index < -0.39 is 0 Å². The Morgan fingerprint density at radius 3 is 2.70 bits per heavy atom. The van der Waals surface area contributed by atoms with Crippen molar-refractivity contribution >= 4 is 27.5 Å². The third kappa shape index (κ3) is 5.05. The van der Waals surface area contributed by atoms with E-state index in [0.29, 0.717) is 31.2 Å². The van der Waals surface area contributed by atoms with E-state index in [1.165, 1.54) is 16.9 Å². The molecular weight excluding hydrogens is 360 g/mol. The van der Waals surface area contributed by atoms with Crippen molar-refractivity contribution in [1.29, 1.82) is 0 Å². The smallest absolute Gasteiger partial charge is 0.251 e. The fraction of sp³-hybridized carbons (Fsp3) is 0.333. The second-order valence-electron chi connectivity index (χ2n) is 6.07. The van der Waals surface area contributed by atoms with E-state index in [1.54, 1.807) is 0 Å². The summed E-state index contributed by atoms with van der Waals surface area (Å²) in [6.07, 6.45) is 0.244. The molecular formula is C21H24N2O3S. The van der Waals surface area contributed by atoms with E-state index in [-0.39, 0.29) is 12.3 Å². The molecule has 0 fully saturated rings. The minimum Gasteiger partial charge on any atom is -0.493 e. The number of carbonyl (C=O) groups is 1. The third-order valence-electron chi connectivity index (χ3n) is 4.11. The first kappa shape index (κ1) is 19.3. The highest BCUT2D eigenvalue weighted by atomic mass is 32.1. The molecule has 6 heteroatoms. The summed E-state index contributed by atoms with van der Waals surface area (Å²) in [6, 6.07) is 15.6. The highest BCUT2D eigenvalue weighted by molar-refractivity contribution is 7.16. The lowest BCUT2D eigenvalue weighted by Gasteiger charge is -2.07. The van der Waals surface area contributed by atoms with Gasteiger partial charge in [-0.05, 0) is 37.6 Å². The zero-order valence-corrected chi connectivity index (χ0v) is 16.5. The Hall–Kier alpha value is -2.44. The molecule has 0 spiro atoms. The van der Waals surface area contributed by atoms with Crippen LogP contribution in [0, 0.1) is 6.92 Å². The SMILES string of the molecule is CCOCCn1c(=NC(=O)CCOc2ccccc2)sc2cccc(C)c21. The highest BCUT2D eigenvalue weighted by Crippen LogP contribution is 2.21. The summed E-state index contributed by atoms with van der Waals surface area (Å²) in [5.74, 6) is 0.579. The number of hydrogen-bond acceptors (Lipinski definition) is 4. The topological polar surface area (TPSA) is 52.8 Å². The van der Waals surface area contributed by atoms with Crippen molar-refractivity contribution in [3.63, 3.8) is 0 Å². The van der Waals surface area contributed by atoms with Crippen LogP contribution in [-0.2, 0) is 16.1 Å². The molecule has 3 aromatic rings. The molecule has 0 atom stereocenters. The summed E-state index contributed by atoms with van der Waals surface area (Å²) in [6.45, 7) is 6.30. The molecule has 0 aliphatic rings. The number of para-hydroxylation sites is 2. The van der Waals surface area contributed by atoms with Crippen LogP contribution in [0.25, 0.3) is 10.2 Å². The summed E-state index contributed by atoms with van der Waals surface area (Å²) < 4.78 is 14.3. The van der Waals surface area contributed by atoms with Crippen LogP contribution < -0.4 is 9.54 Å². The predicted octanol–water partition coefficient (Wildman–Crippen LogP) is 3.94. The van der Waals surface area contributed by atoms with Crippen LogP contribution in [-0.4, -0.2) is 30.3 Å². The first-order valence-electron chi connectivity index (χ1n) is 9.11. The van der Waals surface area contributed by atoms with Crippen molar-refractivity contribution in [2.75, 3.05) is 19.8 Å². The van der Waals surface area contributed by atoms with E-state index in [4.69, 9.17) is 9.47 Å². The first-order chi connectivity index (χ1) is 13.2. The van der Waals surface area contributed by atoms with Gasteiger partial charge in [-0.25, -0.2) is 0 Å². The monoisotopic (exact) mass is 384 g/mol. The van der Waals surface area contributed by atoms with Gasteiger partial charge in [0.25, 0.3) is 5.91 Å². The lowest BCUT2D eigenvalue weighted by atomic mass is 10.2. The quantitative estimate of drug-likeness (QED) is 0.553. The largest absolute Gasteiger partial charge is 0.493 e. The summed E-state index contributed by atoms with van der Waals surface area (Å²) >= 11 is 1.53. The number of aromatic nitrogens is 1. The average Bonchev–Trinajstić information content (AvgIpc) is 3.01. The number of amides is 1. The van der Waals surface area contributed by atoms with Crippen LogP contribution in [0.3, 0.4) is 0 Å². The number of ether oxygens (including phenoxy) is 2. The van der Waals surface area contributed by atoms with Crippen LogP contribution in [0.15, 0.2) is 53.5 Å². The van der Waals surface area contributed by atoms with Gasteiger partial charge in [0, 0.05) is 13.2 Å². The molecule has 0 aliphatic heterocycles. The molecule has 1 amide bonds. The maximum Gasteiger partial charge on any atom is 0.251 e. The van der Waals surface area contributed by atoms with Gasteiger partial charge < -0.3 is 14.0 Å². The van der Waals surface area contributed by atoms with Gasteiger partial charge in [-0.15, -0.1) is 0 Å². The highest BCUT2D eigenvalue weighted by Gasteiger charge is 2.10. The molecule has 0 saturated heterocycles. The molecule has 0 unspecified atom stereocenters. The first-order valence-corrected chi connectivity index (χ1v) is 9.93. The van der Waals surface area contributed by atoms with Gasteiger partial charge in [-0.2, -0.15) is 4.99 Å². The Bertz CT molecular complexity index is 960. The lowest BCUT2D eigenvalue weighted by molar-refractivity contribution is -0.118. The van der Waals surface area contributed by atoms with Crippen molar-refractivity contribution in [3.05, 3.63) is 58.9 Å². The molecule has 142 valence electrons. The minimum atomic E-state index is -0.180. The van der Waals surface area contributed by atoms with Crippen molar-refractivity contribution in [2.45, 2.75) is 26.8 Å². The molecule has 0 radical (unpaired) electrons. The molecule has 0 bridgehead atoms. The fourth-order valence-electron chi connectivity index (χ4n) is 2.84. The normalized spacial score (nSPS) is 11.9. The van der Waals surface area contributed by atoms with Gasteiger partial charge in [0.15, 0.2) is 4.80 Å². The zero-order valence-electron chi connectivity index (χ0n) is 15.7. The molecule has 1 heterocycles. The molecule has 1 aromatic heterocycles. The fourth-order valence-corrected chi connectivity index (χ4v) is 3.99. The maximum atomic E-state index is 12.4. The molecule has 0 N–H and O–H groups in total. The van der Waals surface area contributed by atoms with Gasteiger partial charge in [0.1, 0.15) is 5.75 Å². The Morgan fingerprint density at radius 2 is 1.93 bits per heavy atom. The predicted molar refractivity (Wildman–Crippen MR) is 108 cm³/mol. The summed E-state index contributed by atoms with van der Waals surface area (Å²) in [4.78, 5) is 17.4. The van der Waals surface area contributed by atoms with E-state index in [2.05, 4.69) is 28.6 Å². The van der Waals surface area contributed by atoms with E-state index in [9.17, 15) is 4.79 Å². The minimum absolute atomic E-state index is 0.180.